The van der Waals surface area contributed by atoms with E-state index in [1.165, 1.54) is 13.2 Å². The van der Waals surface area contributed by atoms with Crippen molar-refractivity contribution in [1.29, 1.82) is 0 Å². The SMILES string of the molecule is C[C@@H](OC(=O)Cc1coc2ccc3ccccc3c12)C(=O)NC(N)=O. The van der Waals surface area contributed by atoms with Gasteiger partial charge in [0.05, 0.1) is 12.7 Å². The molecule has 2 aromatic carbocycles. The highest BCUT2D eigenvalue weighted by molar-refractivity contribution is 6.08. The van der Waals surface area contributed by atoms with Crippen LogP contribution in [0.2, 0.25) is 0 Å². The summed E-state index contributed by atoms with van der Waals surface area (Å²) in [7, 11) is 0. The number of nitrogens with two attached hydrogens (primary N) is 1. The highest BCUT2D eigenvalue weighted by Crippen LogP contribution is 2.30. The maximum Gasteiger partial charge on any atom is 0.318 e. The van der Waals surface area contributed by atoms with Crippen LogP contribution in [0.4, 0.5) is 4.79 Å². The highest BCUT2D eigenvalue weighted by Gasteiger charge is 2.20. The fourth-order valence-electron chi connectivity index (χ4n) is 2.68. The summed E-state index contributed by atoms with van der Waals surface area (Å²) in [6.45, 7) is 1.36. The van der Waals surface area contributed by atoms with E-state index >= 15 is 0 Å². The summed E-state index contributed by atoms with van der Waals surface area (Å²) in [5.41, 5.74) is 6.20. The Kier molecular flexibility index (Phi) is 4.38. The van der Waals surface area contributed by atoms with Crippen molar-refractivity contribution < 1.29 is 23.5 Å². The van der Waals surface area contributed by atoms with Crippen molar-refractivity contribution >= 4 is 39.6 Å². The minimum absolute atomic E-state index is 0.0603. The number of amides is 3. The average molecular weight is 340 g/mol. The second-order valence-electron chi connectivity index (χ2n) is 5.58. The van der Waals surface area contributed by atoms with Crippen molar-refractivity contribution in [3.05, 3.63) is 48.2 Å². The largest absolute Gasteiger partial charge is 0.464 e. The normalized spacial score (nSPS) is 12.0. The standard InChI is InChI=1S/C18H16N2O5/c1-10(17(22)20-18(19)23)25-15(21)8-12-9-24-14-7-6-11-4-2-3-5-13(11)16(12)14/h2-7,9-10H,8H2,1H3,(H3,19,20,22,23)/t10-/m1/s1. The number of nitrogens with one attached hydrogen (secondary N) is 1. The topological polar surface area (TPSA) is 112 Å². The van der Waals surface area contributed by atoms with Gasteiger partial charge in [0.15, 0.2) is 6.10 Å². The van der Waals surface area contributed by atoms with Crippen molar-refractivity contribution in [3.8, 4) is 0 Å². The number of primary amides is 1. The molecular formula is C18H16N2O5. The van der Waals surface area contributed by atoms with Crippen molar-refractivity contribution in [3.63, 3.8) is 0 Å². The van der Waals surface area contributed by atoms with Crippen LogP contribution in [0.15, 0.2) is 47.1 Å². The van der Waals surface area contributed by atoms with Crippen LogP contribution < -0.4 is 11.1 Å². The lowest BCUT2D eigenvalue weighted by atomic mass is 10.0. The first-order valence-electron chi connectivity index (χ1n) is 7.63. The van der Waals surface area contributed by atoms with Gasteiger partial charge in [-0.3, -0.25) is 14.9 Å². The Hall–Kier alpha value is -3.35. The van der Waals surface area contributed by atoms with E-state index in [0.717, 1.165) is 16.2 Å². The first kappa shape index (κ1) is 16.5. The van der Waals surface area contributed by atoms with E-state index in [9.17, 15) is 14.4 Å². The minimum atomic E-state index is -1.13. The van der Waals surface area contributed by atoms with Gasteiger partial charge in [0.25, 0.3) is 5.91 Å². The lowest BCUT2D eigenvalue weighted by Gasteiger charge is -2.11. The highest BCUT2D eigenvalue weighted by atomic mass is 16.5. The van der Waals surface area contributed by atoms with Crippen LogP contribution in [0.3, 0.4) is 0 Å². The quantitative estimate of drug-likeness (QED) is 0.708. The van der Waals surface area contributed by atoms with Gasteiger partial charge in [0.2, 0.25) is 0 Å². The Balaban J connectivity index is 1.81. The van der Waals surface area contributed by atoms with Crippen LogP contribution in [-0.4, -0.2) is 24.0 Å². The third-order valence-corrected chi connectivity index (χ3v) is 3.80. The summed E-state index contributed by atoms with van der Waals surface area (Å²) < 4.78 is 10.6. The number of benzene rings is 2. The molecule has 25 heavy (non-hydrogen) atoms. The smallest absolute Gasteiger partial charge is 0.318 e. The maximum atomic E-state index is 12.1. The van der Waals surface area contributed by atoms with Gasteiger partial charge in [0.1, 0.15) is 5.58 Å². The molecule has 0 unspecified atom stereocenters. The Labute approximate surface area is 142 Å². The molecule has 3 aromatic rings. The van der Waals surface area contributed by atoms with E-state index in [0.29, 0.717) is 11.1 Å². The first-order valence-corrected chi connectivity index (χ1v) is 7.63. The number of urea groups is 1. The molecule has 1 aromatic heterocycles. The molecule has 0 aliphatic carbocycles. The molecule has 0 saturated heterocycles. The number of ether oxygens (including phenoxy) is 1. The van der Waals surface area contributed by atoms with Crippen LogP contribution in [0, 0.1) is 0 Å². The van der Waals surface area contributed by atoms with Gasteiger partial charge in [0, 0.05) is 10.9 Å². The lowest BCUT2D eigenvalue weighted by Crippen LogP contribution is -2.42. The zero-order valence-electron chi connectivity index (χ0n) is 13.4. The third-order valence-electron chi connectivity index (χ3n) is 3.80. The summed E-state index contributed by atoms with van der Waals surface area (Å²) in [6, 6.07) is 10.6. The molecule has 1 atom stereocenters. The number of fused-ring (bicyclic) bond motifs is 3. The number of esters is 1. The molecule has 0 spiro atoms. The average Bonchev–Trinajstić information content (AvgIpc) is 2.97. The molecule has 128 valence electrons. The number of carbonyl (C=O) groups is 3. The van der Waals surface area contributed by atoms with E-state index in [1.807, 2.05) is 41.7 Å². The van der Waals surface area contributed by atoms with Gasteiger partial charge in [-0.15, -0.1) is 0 Å². The number of imide groups is 1. The molecule has 0 aliphatic rings. The van der Waals surface area contributed by atoms with Crippen LogP contribution in [-0.2, 0) is 20.7 Å². The lowest BCUT2D eigenvalue weighted by molar-refractivity contribution is -0.153. The van der Waals surface area contributed by atoms with Gasteiger partial charge in [-0.05, 0) is 23.8 Å². The van der Waals surface area contributed by atoms with E-state index in [-0.39, 0.29) is 6.42 Å². The molecule has 3 amide bonds. The number of hydrogen-bond donors (Lipinski definition) is 2. The zero-order valence-corrected chi connectivity index (χ0v) is 13.4. The van der Waals surface area contributed by atoms with Gasteiger partial charge in [-0.1, -0.05) is 30.3 Å². The van der Waals surface area contributed by atoms with Crippen molar-refractivity contribution in [2.75, 3.05) is 0 Å². The number of rotatable bonds is 4. The van der Waals surface area contributed by atoms with Crippen LogP contribution >= 0.6 is 0 Å². The molecule has 0 bridgehead atoms. The molecule has 3 rings (SSSR count). The van der Waals surface area contributed by atoms with Crippen molar-refractivity contribution in [1.82, 2.24) is 5.32 Å². The second-order valence-corrected chi connectivity index (χ2v) is 5.58. The van der Waals surface area contributed by atoms with Gasteiger partial charge < -0.3 is 14.9 Å². The minimum Gasteiger partial charge on any atom is -0.464 e. The van der Waals surface area contributed by atoms with Crippen LogP contribution in [0.1, 0.15) is 12.5 Å². The van der Waals surface area contributed by atoms with Crippen molar-refractivity contribution in [2.24, 2.45) is 5.73 Å². The predicted octanol–water partition coefficient (Wildman–Crippen LogP) is 2.26. The summed E-state index contributed by atoms with van der Waals surface area (Å²) in [5.74, 6) is -1.38. The molecule has 7 nitrogen and oxygen atoms in total. The fraction of sp³-hybridized carbons (Fsp3) is 0.167. The van der Waals surface area contributed by atoms with Crippen LogP contribution in [0.5, 0.6) is 0 Å². The fourth-order valence-corrected chi connectivity index (χ4v) is 2.68. The summed E-state index contributed by atoms with van der Waals surface area (Å²) >= 11 is 0. The van der Waals surface area contributed by atoms with E-state index in [4.69, 9.17) is 14.9 Å². The first-order chi connectivity index (χ1) is 12.0. The summed E-state index contributed by atoms with van der Waals surface area (Å²) in [6.07, 6.45) is 0.316. The molecule has 7 heteroatoms. The molecule has 1 heterocycles. The molecule has 0 saturated carbocycles. The molecule has 3 N–H and O–H groups in total. The number of hydrogen-bond acceptors (Lipinski definition) is 5. The Morgan fingerprint density at radius 1 is 1.20 bits per heavy atom. The summed E-state index contributed by atoms with van der Waals surface area (Å²) in [5, 5.41) is 4.70. The zero-order chi connectivity index (χ0) is 18.0. The number of furan rings is 1. The molecule has 0 aliphatic heterocycles. The molecule has 0 fully saturated rings. The van der Waals surface area contributed by atoms with Crippen LogP contribution in [0.25, 0.3) is 21.7 Å². The molecular weight excluding hydrogens is 324 g/mol. The Morgan fingerprint density at radius 3 is 2.72 bits per heavy atom. The van der Waals surface area contributed by atoms with Gasteiger partial charge in [-0.25, -0.2) is 4.79 Å². The Bertz CT molecular complexity index is 976. The molecule has 0 radical (unpaired) electrons. The van der Waals surface area contributed by atoms with E-state index < -0.39 is 24.0 Å². The van der Waals surface area contributed by atoms with Crippen molar-refractivity contribution in [2.45, 2.75) is 19.4 Å². The third kappa shape index (κ3) is 3.45. The maximum absolute atomic E-state index is 12.1. The Morgan fingerprint density at radius 2 is 1.96 bits per heavy atom. The monoisotopic (exact) mass is 340 g/mol. The summed E-state index contributed by atoms with van der Waals surface area (Å²) in [4.78, 5) is 34.4. The number of carbonyl (C=O) groups excluding carboxylic acids is 3. The second kappa shape index (κ2) is 6.64. The van der Waals surface area contributed by atoms with E-state index in [1.54, 1.807) is 0 Å². The van der Waals surface area contributed by atoms with Gasteiger partial charge in [-0.2, -0.15) is 0 Å². The van der Waals surface area contributed by atoms with Gasteiger partial charge >= 0.3 is 12.0 Å². The van der Waals surface area contributed by atoms with E-state index in [2.05, 4.69) is 0 Å². The predicted molar refractivity (Wildman–Crippen MR) is 90.7 cm³/mol.